The number of hydrogen-bond donors (Lipinski definition) is 2. The van der Waals surface area contributed by atoms with Gasteiger partial charge in [0, 0.05) is 12.7 Å². The molecular weight excluding hydrogens is 318 g/mol. The van der Waals surface area contributed by atoms with Crippen molar-refractivity contribution >= 4 is 11.6 Å². The second kappa shape index (κ2) is 7.36. The summed E-state index contributed by atoms with van der Waals surface area (Å²) in [6, 6.07) is 11.4. The Labute approximate surface area is 146 Å². The summed E-state index contributed by atoms with van der Waals surface area (Å²) in [4.78, 5) is 16.5. The fraction of sp³-hybridized carbons (Fsp3) is 0.263. The molecule has 0 saturated carbocycles. The molecule has 1 aromatic carbocycles. The summed E-state index contributed by atoms with van der Waals surface area (Å²) in [5, 5.41) is 12.7. The number of benzene rings is 1. The standard InChI is InChI=1S/C19H21N3O3/c1-13-4-3-5-16(8-13)25-12-15(23)9-21-19(24)17-10-20-18-7-6-14(2)11-22(17)18/h3-8,10-11,15,23H,9,12H2,1-2H3,(H,21,24). The van der Waals surface area contributed by atoms with E-state index in [0.29, 0.717) is 17.1 Å². The van der Waals surface area contributed by atoms with Crippen LogP contribution in [0.15, 0.2) is 48.8 Å². The number of carbonyl (C=O) groups is 1. The largest absolute Gasteiger partial charge is 0.491 e. The van der Waals surface area contributed by atoms with E-state index < -0.39 is 6.10 Å². The molecule has 2 heterocycles. The molecule has 3 rings (SSSR count). The van der Waals surface area contributed by atoms with Gasteiger partial charge in [-0.05, 0) is 43.2 Å². The van der Waals surface area contributed by atoms with Gasteiger partial charge in [0.2, 0.25) is 0 Å². The molecule has 0 radical (unpaired) electrons. The van der Waals surface area contributed by atoms with Crippen molar-refractivity contribution in [2.45, 2.75) is 20.0 Å². The highest BCUT2D eigenvalue weighted by Crippen LogP contribution is 2.12. The minimum absolute atomic E-state index is 0.101. The number of hydrogen-bond acceptors (Lipinski definition) is 4. The van der Waals surface area contributed by atoms with E-state index in [9.17, 15) is 9.90 Å². The molecule has 25 heavy (non-hydrogen) atoms. The fourth-order valence-corrected chi connectivity index (χ4v) is 2.51. The first kappa shape index (κ1) is 17.0. The van der Waals surface area contributed by atoms with Gasteiger partial charge in [-0.3, -0.25) is 9.20 Å². The number of aromatic nitrogens is 2. The van der Waals surface area contributed by atoms with E-state index in [1.807, 2.05) is 56.4 Å². The molecule has 0 aliphatic rings. The minimum Gasteiger partial charge on any atom is -0.491 e. The Hall–Kier alpha value is -2.86. The Morgan fingerprint density at radius 3 is 2.92 bits per heavy atom. The quantitative estimate of drug-likeness (QED) is 0.721. The lowest BCUT2D eigenvalue weighted by molar-refractivity contribution is 0.0839. The van der Waals surface area contributed by atoms with E-state index in [4.69, 9.17) is 4.74 Å². The molecule has 0 spiro atoms. The molecule has 1 unspecified atom stereocenters. The molecule has 1 amide bonds. The number of fused-ring (bicyclic) bond motifs is 1. The molecule has 3 aromatic rings. The Balaban J connectivity index is 1.55. The number of nitrogens with zero attached hydrogens (tertiary/aromatic N) is 2. The lowest BCUT2D eigenvalue weighted by Gasteiger charge is -2.13. The van der Waals surface area contributed by atoms with Crippen molar-refractivity contribution in [3.8, 4) is 5.75 Å². The number of aliphatic hydroxyl groups excluding tert-OH is 1. The van der Waals surface area contributed by atoms with Crippen molar-refractivity contribution in [3.63, 3.8) is 0 Å². The number of ether oxygens (including phenoxy) is 1. The predicted octanol–water partition coefficient (Wildman–Crippen LogP) is 2.12. The summed E-state index contributed by atoms with van der Waals surface area (Å²) in [5.74, 6) is 0.412. The van der Waals surface area contributed by atoms with Crippen LogP contribution in [0, 0.1) is 13.8 Å². The van der Waals surface area contributed by atoms with E-state index in [-0.39, 0.29) is 19.1 Å². The van der Waals surface area contributed by atoms with Crippen molar-refractivity contribution in [2.24, 2.45) is 0 Å². The molecule has 1 atom stereocenters. The molecule has 130 valence electrons. The lowest BCUT2D eigenvalue weighted by atomic mass is 10.2. The van der Waals surface area contributed by atoms with Crippen molar-refractivity contribution < 1.29 is 14.6 Å². The first-order valence-electron chi connectivity index (χ1n) is 8.12. The molecule has 0 aliphatic heterocycles. The number of rotatable bonds is 6. The van der Waals surface area contributed by atoms with Crippen LogP contribution in [0.5, 0.6) is 5.75 Å². The number of amides is 1. The molecule has 0 aliphatic carbocycles. The number of aryl methyl sites for hydroxylation is 2. The van der Waals surface area contributed by atoms with Crippen LogP contribution in [-0.2, 0) is 0 Å². The summed E-state index contributed by atoms with van der Waals surface area (Å²) >= 11 is 0. The van der Waals surface area contributed by atoms with Gasteiger partial charge in [0.15, 0.2) is 0 Å². The highest BCUT2D eigenvalue weighted by molar-refractivity contribution is 5.93. The van der Waals surface area contributed by atoms with Crippen LogP contribution in [0.3, 0.4) is 0 Å². The maximum atomic E-state index is 12.3. The third-order valence-corrected chi connectivity index (χ3v) is 3.82. The summed E-state index contributed by atoms with van der Waals surface area (Å²) < 4.78 is 7.28. The second-order valence-electron chi connectivity index (χ2n) is 6.07. The SMILES string of the molecule is Cc1cccc(OCC(O)CNC(=O)c2cnc3ccc(C)cn23)c1. The predicted molar refractivity (Wildman–Crippen MR) is 94.9 cm³/mol. The average molecular weight is 339 g/mol. The Morgan fingerprint density at radius 1 is 1.28 bits per heavy atom. The van der Waals surface area contributed by atoms with Gasteiger partial charge in [-0.1, -0.05) is 18.2 Å². The van der Waals surface area contributed by atoms with Gasteiger partial charge in [0.1, 0.15) is 29.8 Å². The Bertz CT molecular complexity index is 889. The lowest BCUT2D eigenvalue weighted by Crippen LogP contribution is -2.35. The van der Waals surface area contributed by atoms with Crippen LogP contribution in [0.1, 0.15) is 21.6 Å². The van der Waals surface area contributed by atoms with Crippen molar-refractivity contribution in [3.05, 3.63) is 65.6 Å². The number of nitrogens with one attached hydrogen (secondary N) is 1. The monoisotopic (exact) mass is 339 g/mol. The van der Waals surface area contributed by atoms with E-state index in [0.717, 1.165) is 11.1 Å². The maximum absolute atomic E-state index is 12.3. The number of carbonyl (C=O) groups excluding carboxylic acids is 1. The highest BCUT2D eigenvalue weighted by atomic mass is 16.5. The van der Waals surface area contributed by atoms with Gasteiger partial charge in [-0.15, -0.1) is 0 Å². The van der Waals surface area contributed by atoms with Crippen molar-refractivity contribution in [1.29, 1.82) is 0 Å². The van der Waals surface area contributed by atoms with Gasteiger partial charge in [-0.25, -0.2) is 4.98 Å². The number of aliphatic hydroxyl groups is 1. The average Bonchev–Trinajstić information content (AvgIpc) is 3.01. The first-order chi connectivity index (χ1) is 12.0. The van der Waals surface area contributed by atoms with Crippen LogP contribution in [0.2, 0.25) is 0 Å². The molecule has 2 aromatic heterocycles. The zero-order chi connectivity index (χ0) is 17.8. The van der Waals surface area contributed by atoms with Crippen LogP contribution in [0.25, 0.3) is 5.65 Å². The fourth-order valence-electron chi connectivity index (χ4n) is 2.51. The number of imidazole rings is 1. The van der Waals surface area contributed by atoms with E-state index >= 15 is 0 Å². The third kappa shape index (κ3) is 4.16. The highest BCUT2D eigenvalue weighted by Gasteiger charge is 2.14. The smallest absolute Gasteiger partial charge is 0.270 e. The summed E-state index contributed by atoms with van der Waals surface area (Å²) in [6.07, 6.45) is 2.58. The van der Waals surface area contributed by atoms with Gasteiger partial charge in [0.05, 0.1) is 6.20 Å². The number of pyridine rings is 1. The van der Waals surface area contributed by atoms with E-state index in [1.54, 1.807) is 4.40 Å². The van der Waals surface area contributed by atoms with Crippen LogP contribution in [-0.4, -0.2) is 39.7 Å². The molecule has 2 N–H and O–H groups in total. The van der Waals surface area contributed by atoms with Gasteiger partial charge in [-0.2, -0.15) is 0 Å². The van der Waals surface area contributed by atoms with Crippen LogP contribution < -0.4 is 10.1 Å². The molecule has 0 fully saturated rings. The molecule has 0 saturated heterocycles. The van der Waals surface area contributed by atoms with E-state index in [1.165, 1.54) is 6.20 Å². The molecular formula is C19H21N3O3. The second-order valence-corrected chi connectivity index (χ2v) is 6.07. The summed E-state index contributed by atoms with van der Waals surface area (Å²) in [7, 11) is 0. The van der Waals surface area contributed by atoms with Crippen molar-refractivity contribution in [2.75, 3.05) is 13.2 Å². The Morgan fingerprint density at radius 2 is 2.12 bits per heavy atom. The summed E-state index contributed by atoms with van der Waals surface area (Å²) in [5.41, 5.74) is 3.26. The zero-order valence-corrected chi connectivity index (χ0v) is 14.3. The van der Waals surface area contributed by atoms with Gasteiger partial charge in [0.25, 0.3) is 5.91 Å². The maximum Gasteiger partial charge on any atom is 0.270 e. The first-order valence-corrected chi connectivity index (χ1v) is 8.12. The topological polar surface area (TPSA) is 75.9 Å². The third-order valence-electron chi connectivity index (χ3n) is 3.82. The molecule has 0 bridgehead atoms. The summed E-state index contributed by atoms with van der Waals surface area (Å²) in [6.45, 7) is 4.13. The molecule has 6 heteroatoms. The van der Waals surface area contributed by atoms with Gasteiger partial charge >= 0.3 is 0 Å². The van der Waals surface area contributed by atoms with E-state index in [2.05, 4.69) is 10.3 Å². The minimum atomic E-state index is -0.801. The van der Waals surface area contributed by atoms with Crippen molar-refractivity contribution in [1.82, 2.24) is 14.7 Å². The normalized spacial score (nSPS) is 12.1. The Kier molecular flexibility index (Phi) is 5.00. The molecule has 6 nitrogen and oxygen atoms in total. The van der Waals surface area contributed by atoms with Crippen LogP contribution in [0.4, 0.5) is 0 Å². The zero-order valence-electron chi connectivity index (χ0n) is 14.3. The van der Waals surface area contributed by atoms with Gasteiger partial charge < -0.3 is 15.2 Å². The van der Waals surface area contributed by atoms with Crippen LogP contribution >= 0.6 is 0 Å².